The van der Waals surface area contributed by atoms with E-state index in [1.165, 1.54) is 0 Å². The van der Waals surface area contributed by atoms with Gasteiger partial charge in [-0.15, -0.1) is 0 Å². The Kier molecular flexibility index (Phi) is 3.62. The van der Waals surface area contributed by atoms with Gasteiger partial charge in [-0.2, -0.15) is 0 Å². The summed E-state index contributed by atoms with van der Waals surface area (Å²) in [5, 5.41) is 21.9. The largest absolute Gasteiger partial charge is 0.507 e. The summed E-state index contributed by atoms with van der Waals surface area (Å²) in [6, 6.07) is 17.7. The second-order valence-electron chi connectivity index (χ2n) is 6.36. The van der Waals surface area contributed by atoms with Crippen molar-refractivity contribution in [2.45, 2.75) is 0 Å². The van der Waals surface area contributed by atoms with Gasteiger partial charge in [-0.05, 0) is 24.3 Å². The zero-order chi connectivity index (χ0) is 19.1. The van der Waals surface area contributed by atoms with Gasteiger partial charge in [0.05, 0.1) is 11.1 Å². The Labute approximate surface area is 159 Å². The quantitative estimate of drug-likeness (QED) is 0.452. The summed E-state index contributed by atoms with van der Waals surface area (Å²) in [5.74, 6) is 1.07. The van der Waals surface area contributed by atoms with Crippen LogP contribution in [0.5, 0.6) is 11.5 Å². The van der Waals surface area contributed by atoms with Crippen LogP contribution < -0.4 is 0 Å². The Balaban J connectivity index is 1.78. The number of benzene rings is 3. The molecule has 134 valence electrons. The SMILES string of the molecule is Oc1ccccc1-c1ncc2ccc3cnc(-c4ccccc4O)nc3c2n1. The van der Waals surface area contributed by atoms with Crippen LogP contribution in [0.25, 0.3) is 44.6 Å². The van der Waals surface area contributed by atoms with E-state index >= 15 is 0 Å². The molecular formula is C22H14N4O2. The highest BCUT2D eigenvalue weighted by Gasteiger charge is 2.13. The first-order valence-corrected chi connectivity index (χ1v) is 8.70. The van der Waals surface area contributed by atoms with Crippen LogP contribution in [0.15, 0.2) is 73.1 Å². The molecule has 0 saturated heterocycles. The van der Waals surface area contributed by atoms with Gasteiger partial charge in [-0.25, -0.2) is 19.9 Å². The lowest BCUT2D eigenvalue weighted by molar-refractivity contribution is 0.476. The average Bonchev–Trinajstić information content (AvgIpc) is 2.74. The maximum atomic E-state index is 10.1. The Morgan fingerprint density at radius 1 is 0.536 bits per heavy atom. The molecule has 6 nitrogen and oxygen atoms in total. The molecule has 6 heteroatoms. The van der Waals surface area contributed by atoms with Crippen LogP contribution in [0.2, 0.25) is 0 Å². The standard InChI is InChI=1S/C22H14N4O2/c27-17-7-3-1-5-15(17)21-23-11-13-9-10-14-12-24-22(26-20(14)19(13)25-21)16-6-2-4-8-18(16)28/h1-12,27-28H. The lowest BCUT2D eigenvalue weighted by Crippen LogP contribution is -1.95. The molecule has 0 aliphatic rings. The maximum Gasteiger partial charge on any atom is 0.163 e. The van der Waals surface area contributed by atoms with Crippen LogP contribution in [0.3, 0.4) is 0 Å². The number of hydrogen-bond donors (Lipinski definition) is 2. The van der Waals surface area contributed by atoms with Crippen LogP contribution >= 0.6 is 0 Å². The summed E-state index contributed by atoms with van der Waals surface area (Å²) in [7, 11) is 0. The van der Waals surface area contributed by atoms with Crippen molar-refractivity contribution >= 4 is 21.8 Å². The van der Waals surface area contributed by atoms with Gasteiger partial charge in [-0.1, -0.05) is 36.4 Å². The number of aromatic nitrogens is 4. The zero-order valence-electron chi connectivity index (χ0n) is 14.6. The number of nitrogens with zero attached hydrogens (tertiary/aromatic N) is 4. The molecule has 0 spiro atoms. The molecule has 0 aliphatic heterocycles. The second kappa shape index (κ2) is 6.28. The first kappa shape index (κ1) is 16.1. The number of rotatable bonds is 2. The van der Waals surface area contributed by atoms with E-state index in [2.05, 4.69) is 19.9 Å². The minimum atomic E-state index is 0.117. The second-order valence-corrected chi connectivity index (χ2v) is 6.36. The summed E-state index contributed by atoms with van der Waals surface area (Å²) >= 11 is 0. The maximum absolute atomic E-state index is 10.1. The van der Waals surface area contributed by atoms with Gasteiger partial charge in [0.25, 0.3) is 0 Å². The van der Waals surface area contributed by atoms with Crippen molar-refractivity contribution in [1.29, 1.82) is 0 Å². The monoisotopic (exact) mass is 366 g/mol. The molecule has 0 amide bonds. The fraction of sp³-hybridized carbons (Fsp3) is 0. The summed E-state index contributed by atoms with van der Waals surface area (Å²) in [6.45, 7) is 0. The van der Waals surface area contributed by atoms with Crippen molar-refractivity contribution in [2.75, 3.05) is 0 Å². The number of para-hydroxylation sites is 2. The van der Waals surface area contributed by atoms with Crippen LogP contribution in [0.4, 0.5) is 0 Å². The predicted molar refractivity (Wildman–Crippen MR) is 107 cm³/mol. The van der Waals surface area contributed by atoms with Crippen molar-refractivity contribution < 1.29 is 10.2 Å². The number of hydrogen-bond acceptors (Lipinski definition) is 6. The molecule has 0 radical (unpaired) electrons. The molecule has 0 fully saturated rings. The summed E-state index contributed by atoms with van der Waals surface area (Å²) in [4.78, 5) is 18.1. The highest BCUT2D eigenvalue weighted by Crippen LogP contribution is 2.31. The molecule has 0 atom stereocenters. The normalized spacial score (nSPS) is 11.1. The number of phenolic OH excluding ortho intramolecular Hbond substituents is 2. The summed E-state index contributed by atoms with van der Waals surface area (Å²) in [6.07, 6.45) is 3.43. The fourth-order valence-corrected chi connectivity index (χ4v) is 3.17. The van der Waals surface area contributed by atoms with Gasteiger partial charge in [0.15, 0.2) is 11.6 Å². The van der Waals surface area contributed by atoms with E-state index in [1.807, 2.05) is 24.3 Å². The smallest absolute Gasteiger partial charge is 0.163 e. The van der Waals surface area contributed by atoms with E-state index in [0.29, 0.717) is 33.8 Å². The minimum absolute atomic E-state index is 0.117. The summed E-state index contributed by atoms with van der Waals surface area (Å²) in [5.41, 5.74) is 2.42. The molecule has 2 heterocycles. The first-order valence-electron chi connectivity index (χ1n) is 8.70. The Bertz CT molecular complexity index is 1250. The lowest BCUT2D eigenvalue weighted by Gasteiger charge is -2.08. The molecule has 5 aromatic rings. The average molecular weight is 366 g/mol. The summed E-state index contributed by atoms with van der Waals surface area (Å²) < 4.78 is 0. The van der Waals surface area contributed by atoms with Crippen molar-refractivity contribution in [3.63, 3.8) is 0 Å². The van der Waals surface area contributed by atoms with Crippen molar-refractivity contribution in [3.8, 4) is 34.3 Å². The van der Waals surface area contributed by atoms with Gasteiger partial charge in [0.1, 0.15) is 22.5 Å². The molecule has 2 N–H and O–H groups in total. The van der Waals surface area contributed by atoms with Crippen LogP contribution in [0.1, 0.15) is 0 Å². The van der Waals surface area contributed by atoms with Crippen molar-refractivity contribution in [2.24, 2.45) is 0 Å². The molecular weight excluding hydrogens is 352 g/mol. The third-order valence-corrected chi connectivity index (χ3v) is 4.59. The van der Waals surface area contributed by atoms with Gasteiger partial charge in [0.2, 0.25) is 0 Å². The first-order chi connectivity index (χ1) is 13.7. The van der Waals surface area contributed by atoms with Gasteiger partial charge >= 0.3 is 0 Å². The van der Waals surface area contributed by atoms with Crippen LogP contribution in [0, 0.1) is 0 Å². The lowest BCUT2D eigenvalue weighted by atomic mass is 10.1. The van der Waals surface area contributed by atoms with Crippen LogP contribution in [-0.4, -0.2) is 30.1 Å². The fourth-order valence-electron chi connectivity index (χ4n) is 3.17. The number of fused-ring (bicyclic) bond motifs is 3. The molecule has 3 aromatic carbocycles. The molecule has 0 bridgehead atoms. The van der Waals surface area contributed by atoms with E-state index in [9.17, 15) is 10.2 Å². The Morgan fingerprint density at radius 2 is 0.964 bits per heavy atom. The van der Waals surface area contributed by atoms with Crippen LogP contribution in [-0.2, 0) is 0 Å². The Morgan fingerprint density at radius 3 is 1.39 bits per heavy atom. The van der Waals surface area contributed by atoms with E-state index in [4.69, 9.17) is 0 Å². The third kappa shape index (κ3) is 2.59. The number of phenols is 2. The van der Waals surface area contributed by atoms with Gasteiger partial charge in [-0.3, -0.25) is 0 Å². The van der Waals surface area contributed by atoms with E-state index in [-0.39, 0.29) is 11.5 Å². The zero-order valence-corrected chi connectivity index (χ0v) is 14.6. The molecule has 2 aromatic heterocycles. The van der Waals surface area contributed by atoms with E-state index in [0.717, 1.165) is 10.8 Å². The number of aromatic hydroxyl groups is 2. The highest BCUT2D eigenvalue weighted by molar-refractivity contribution is 6.03. The van der Waals surface area contributed by atoms with Gasteiger partial charge in [0, 0.05) is 23.2 Å². The predicted octanol–water partition coefficient (Wildman–Crippen LogP) is 4.32. The molecule has 0 aliphatic carbocycles. The van der Waals surface area contributed by atoms with Gasteiger partial charge < -0.3 is 10.2 Å². The van der Waals surface area contributed by atoms with Crippen molar-refractivity contribution in [1.82, 2.24) is 19.9 Å². The minimum Gasteiger partial charge on any atom is -0.507 e. The Hall–Kier alpha value is -4.06. The molecule has 0 unspecified atom stereocenters. The molecule has 0 saturated carbocycles. The van der Waals surface area contributed by atoms with E-state index in [1.54, 1.807) is 48.8 Å². The third-order valence-electron chi connectivity index (χ3n) is 4.59. The molecule has 5 rings (SSSR count). The van der Waals surface area contributed by atoms with Crippen molar-refractivity contribution in [3.05, 3.63) is 73.1 Å². The highest BCUT2D eigenvalue weighted by atomic mass is 16.3. The van der Waals surface area contributed by atoms with E-state index < -0.39 is 0 Å². The topological polar surface area (TPSA) is 92.0 Å². The molecule has 28 heavy (non-hydrogen) atoms.